The molecule has 2 aliphatic rings. The van der Waals surface area contributed by atoms with Gasteiger partial charge in [-0.2, -0.15) is 0 Å². The number of hydrogen-bond donors (Lipinski definition) is 1. The van der Waals surface area contributed by atoms with Crippen molar-refractivity contribution in [1.82, 2.24) is 25.1 Å². The van der Waals surface area contributed by atoms with E-state index in [1.165, 1.54) is 11.8 Å². The van der Waals surface area contributed by atoms with Gasteiger partial charge < -0.3 is 10.0 Å². The molecule has 1 aliphatic heterocycles. The number of hydrogen-bond acceptors (Lipinski definition) is 6. The van der Waals surface area contributed by atoms with Crippen LogP contribution >= 0.6 is 11.8 Å². The number of amides is 1. The number of aromatic nitrogens is 4. The Hall–Kier alpha value is -1.15. The first-order valence-electron chi connectivity index (χ1n) is 6.07. The molecule has 1 aliphatic carbocycles. The smallest absolute Gasteiger partial charge is 0.233 e. The molecule has 98 valence electrons. The van der Waals surface area contributed by atoms with E-state index in [9.17, 15) is 4.79 Å². The molecule has 1 saturated carbocycles. The van der Waals surface area contributed by atoms with Gasteiger partial charge in [0.15, 0.2) is 0 Å². The lowest BCUT2D eigenvalue weighted by Gasteiger charge is -2.38. The zero-order valence-electron chi connectivity index (χ0n) is 9.90. The minimum Gasteiger partial charge on any atom is -0.396 e. The third-order valence-electron chi connectivity index (χ3n) is 3.25. The van der Waals surface area contributed by atoms with Crippen molar-refractivity contribution in [2.45, 2.75) is 24.0 Å². The third-order valence-corrected chi connectivity index (χ3v) is 4.17. The molecule has 2 heterocycles. The third kappa shape index (κ3) is 2.35. The number of nitrogens with zero attached hydrogens (tertiary/aromatic N) is 5. The summed E-state index contributed by atoms with van der Waals surface area (Å²) in [5.41, 5.74) is 0. The molecule has 1 aromatic rings. The van der Waals surface area contributed by atoms with Gasteiger partial charge in [-0.25, -0.2) is 4.68 Å². The van der Waals surface area contributed by atoms with Gasteiger partial charge in [-0.3, -0.25) is 4.79 Å². The van der Waals surface area contributed by atoms with Crippen LogP contribution in [0.2, 0.25) is 0 Å². The van der Waals surface area contributed by atoms with Crippen LogP contribution in [0, 0.1) is 5.92 Å². The summed E-state index contributed by atoms with van der Waals surface area (Å²) in [6.45, 7) is 1.50. The zero-order chi connectivity index (χ0) is 12.5. The van der Waals surface area contributed by atoms with Gasteiger partial charge in [0, 0.05) is 25.6 Å². The topological polar surface area (TPSA) is 84.1 Å². The quantitative estimate of drug-likeness (QED) is 0.729. The molecule has 0 aromatic carbocycles. The van der Waals surface area contributed by atoms with Crippen LogP contribution in [0.3, 0.4) is 0 Å². The van der Waals surface area contributed by atoms with Crippen molar-refractivity contribution in [1.29, 1.82) is 0 Å². The van der Waals surface area contributed by atoms with E-state index in [0.717, 1.165) is 18.0 Å². The van der Waals surface area contributed by atoms with Gasteiger partial charge >= 0.3 is 0 Å². The van der Waals surface area contributed by atoms with Crippen LogP contribution in [0.1, 0.15) is 18.9 Å². The van der Waals surface area contributed by atoms with Crippen molar-refractivity contribution in [3.63, 3.8) is 0 Å². The number of carbonyl (C=O) groups excluding carboxylic acids is 1. The lowest BCUT2D eigenvalue weighted by molar-refractivity contribution is -0.135. The number of carbonyl (C=O) groups is 1. The van der Waals surface area contributed by atoms with Crippen molar-refractivity contribution >= 4 is 17.7 Å². The van der Waals surface area contributed by atoms with Gasteiger partial charge in [-0.1, -0.05) is 11.8 Å². The van der Waals surface area contributed by atoms with Crippen LogP contribution < -0.4 is 0 Å². The number of tetrazole rings is 1. The van der Waals surface area contributed by atoms with E-state index in [0.29, 0.717) is 24.9 Å². The second-order valence-corrected chi connectivity index (χ2v) is 5.72. The maximum atomic E-state index is 11.8. The molecule has 1 N–H and O–H groups in total. The van der Waals surface area contributed by atoms with Gasteiger partial charge in [0.1, 0.15) is 0 Å². The first-order chi connectivity index (χ1) is 8.78. The van der Waals surface area contributed by atoms with Crippen molar-refractivity contribution in [2.75, 3.05) is 25.4 Å². The Labute approximate surface area is 109 Å². The molecular formula is C10H15N5O2S. The zero-order valence-corrected chi connectivity index (χ0v) is 10.7. The van der Waals surface area contributed by atoms with E-state index in [1.807, 2.05) is 4.68 Å². The molecule has 3 rings (SSSR count). The average molecular weight is 269 g/mol. The van der Waals surface area contributed by atoms with Crippen molar-refractivity contribution < 1.29 is 9.90 Å². The predicted octanol–water partition coefficient (Wildman–Crippen LogP) is -0.449. The molecule has 1 amide bonds. The number of aliphatic hydroxyl groups is 1. The van der Waals surface area contributed by atoms with Crippen LogP contribution in [-0.4, -0.2) is 61.6 Å². The highest BCUT2D eigenvalue weighted by atomic mass is 32.2. The van der Waals surface area contributed by atoms with Gasteiger partial charge in [-0.15, -0.1) is 5.10 Å². The minimum atomic E-state index is 0.0926. The molecule has 0 unspecified atom stereocenters. The van der Waals surface area contributed by atoms with E-state index >= 15 is 0 Å². The van der Waals surface area contributed by atoms with Gasteiger partial charge in [0.2, 0.25) is 11.1 Å². The molecule has 0 radical (unpaired) electrons. The Bertz CT molecular complexity index is 441. The molecule has 1 saturated heterocycles. The van der Waals surface area contributed by atoms with E-state index in [-0.39, 0.29) is 18.4 Å². The highest BCUT2D eigenvalue weighted by Gasteiger charge is 2.31. The molecule has 8 heteroatoms. The Morgan fingerprint density at radius 3 is 2.89 bits per heavy atom. The highest BCUT2D eigenvalue weighted by molar-refractivity contribution is 7.99. The first-order valence-corrected chi connectivity index (χ1v) is 7.06. The molecule has 0 atom stereocenters. The van der Waals surface area contributed by atoms with E-state index in [4.69, 9.17) is 5.11 Å². The maximum absolute atomic E-state index is 11.8. The number of thioether (sulfide) groups is 1. The lowest BCUT2D eigenvalue weighted by atomic mass is 10.0. The fraction of sp³-hybridized carbons (Fsp3) is 0.800. The second kappa shape index (κ2) is 4.85. The van der Waals surface area contributed by atoms with Crippen LogP contribution in [0.5, 0.6) is 0 Å². The maximum Gasteiger partial charge on any atom is 0.233 e. The van der Waals surface area contributed by atoms with Gasteiger partial charge in [0.25, 0.3) is 0 Å². The summed E-state index contributed by atoms with van der Waals surface area (Å²) >= 11 is 1.39. The first kappa shape index (κ1) is 11.9. The molecular weight excluding hydrogens is 254 g/mol. The predicted molar refractivity (Wildman–Crippen MR) is 64.0 cm³/mol. The normalized spacial score (nSPS) is 19.9. The summed E-state index contributed by atoms with van der Waals surface area (Å²) in [6, 6.07) is 0.431. The molecule has 1 aromatic heterocycles. The standard InChI is InChI=1S/C10H15N5O2S/c16-5-7-3-14(4-7)9(17)6-18-10-11-12-13-15(10)8-1-2-8/h7-8,16H,1-6H2. The van der Waals surface area contributed by atoms with Crippen LogP contribution in [-0.2, 0) is 4.79 Å². The average Bonchev–Trinajstić information content (AvgIpc) is 3.04. The number of rotatable bonds is 5. The van der Waals surface area contributed by atoms with Gasteiger partial charge in [0.05, 0.1) is 11.8 Å². The molecule has 18 heavy (non-hydrogen) atoms. The van der Waals surface area contributed by atoms with E-state index in [1.54, 1.807) is 4.90 Å². The van der Waals surface area contributed by atoms with E-state index in [2.05, 4.69) is 15.5 Å². The summed E-state index contributed by atoms with van der Waals surface area (Å²) in [6.07, 6.45) is 2.24. The summed E-state index contributed by atoms with van der Waals surface area (Å²) < 4.78 is 1.81. The largest absolute Gasteiger partial charge is 0.396 e. The Morgan fingerprint density at radius 2 is 2.22 bits per heavy atom. The monoisotopic (exact) mass is 269 g/mol. The second-order valence-electron chi connectivity index (χ2n) is 4.77. The molecule has 0 bridgehead atoms. The SMILES string of the molecule is O=C(CSc1nnnn1C1CC1)N1CC(CO)C1. The van der Waals surface area contributed by atoms with Crippen LogP contribution in [0.4, 0.5) is 0 Å². The fourth-order valence-corrected chi connectivity index (χ4v) is 2.78. The fourth-order valence-electron chi connectivity index (χ4n) is 1.94. The lowest BCUT2D eigenvalue weighted by Crippen LogP contribution is -2.52. The van der Waals surface area contributed by atoms with Crippen LogP contribution in [0.15, 0.2) is 5.16 Å². The molecule has 2 fully saturated rings. The number of aliphatic hydroxyl groups excluding tert-OH is 1. The van der Waals surface area contributed by atoms with E-state index < -0.39 is 0 Å². The summed E-state index contributed by atoms with van der Waals surface area (Å²) in [5, 5.41) is 21.1. The molecule has 7 nitrogen and oxygen atoms in total. The van der Waals surface area contributed by atoms with Gasteiger partial charge in [-0.05, 0) is 23.3 Å². The molecule has 0 spiro atoms. The van der Waals surface area contributed by atoms with Crippen LogP contribution in [0.25, 0.3) is 0 Å². The Kier molecular flexibility index (Phi) is 3.21. The van der Waals surface area contributed by atoms with Crippen molar-refractivity contribution in [3.05, 3.63) is 0 Å². The number of likely N-dealkylation sites (tertiary alicyclic amines) is 1. The Morgan fingerprint density at radius 1 is 1.44 bits per heavy atom. The summed E-state index contributed by atoms with van der Waals surface area (Å²) in [7, 11) is 0. The summed E-state index contributed by atoms with van der Waals surface area (Å²) in [5.74, 6) is 0.719. The van der Waals surface area contributed by atoms with Crippen molar-refractivity contribution in [2.24, 2.45) is 5.92 Å². The minimum absolute atomic E-state index is 0.0926. The summed E-state index contributed by atoms with van der Waals surface area (Å²) in [4.78, 5) is 13.6. The highest BCUT2D eigenvalue weighted by Crippen LogP contribution is 2.36. The van der Waals surface area contributed by atoms with Crippen molar-refractivity contribution in [3.8, 4) is 0 Å². The Balaban J connectivity index is 1.49.